The number of anilines is 1. The van der Waals surface area contributed by atoms with Crippen molar-refractivity contribution in [3.05, 3.63) is 64.6 Å². The molecule has 3 rings (SSSR count). The first-order valence-electron chi connectivity index (χ1n) is 6.34. The Morgan fingerprint density at radius 3 is 2.25 bits per heavy atom. The molecule has 20 heavy (non-hydrogen) atoms. The van der Waals surface area contributed by atoms with Crippen molar-refractivity contribution >= 4 is 33.4 Å². The van der Waals surface area contributed by atoms with E-state index in [2.05, 4.69) is 15.9 Å². The van der Waals surface area contributed by atoms with Crippen LogP contribution in [0.5, 0.6) is 0 Å². The van der Waals surface area contributed by atoms with Crippen LogP contribution in [0.4, 0.5) is 5.69 Å². The molecule has 1 aliphatic rings. The van der Waals surface area contributed by atoms with Gasteiger partial charge in [0.05, 0.1) is 11.6 Å². The zero-order valence-corrected chi connectivity index (χ0v) is 12.2. The molecule has 2 amide bonds. The number of carbonyl (C=O) groups excluding carboxylic acids is 2. The van der Waals surface area contributed by atoms with Gasteiger partial charge >= 0.3 is 0 Å². The van der Waals surface area contributed by atoms with E-state index in [1.54, 1.807) is 12.1 Å². The first kappa shape index (κ1) is 13.1. The molecule has 1 atom stereocenters. The fourth-order valence-electron chi connectivity index (χ4n) is 2.44. The monoisotopic (exact) mass is 329 g/mol. The lowest BCUT2D eigenvalue weighted by molar-refractivity contribution is -0.121. The third-order valence-corrected chi connectivity index (χ3v) is 3.96. The van der Waals surface area contributed by atoms with Gasteiger partial charge < -0.3 is 0 Å². The van der Waals surface area contributed by atoms with Crippen molar-refractivity contribution < 1.29 is 9.59 Å². The molecule has 0 bridgehead atoms. The van der Waals surface area contributed by atoms with E-state index >= 15 is 0 Å². The van der Waals surface area contributed by atoms with Crippen LogP contribution in [-0.2, 0) is 9.59 Å². The van der Waals surface area contributed by atoms with Gasteiger partial charge in [0.15, 0.2) is 0 Å². The molecule has 4 heteroatoms. The van der Waals surface area contributed by atoms with Gasteiger partial charge in [-0.05, 0) is 29.8 Å². The minimum Gasteiger partial charge on any atom is -0.274 e. The number of hydrogen-bond acceptors (Lipinski definition) is 2. The molecule has 0 aliphatic carbocycles. The van der Waals surface area contributed by atoms with Crippen molar-refractivity contribution in [1.29, 1.82) is 0 Å². The fraction of sp³-hybridized carbons (Fsp3) is 0.125. The highest BCUT2D eigenvalue weighted by atomic mass is 79.9. The molecule has 2 aromatic rings. The fourth-order valence-corrected chi connectivity index (χ4v) is 2.70. The number of imide groups is 1. The maximum absolute atomic E-state index is 12.5. The number of hydrogen-bond donors (Lipinski definition) is 0. The Morgan fingerprint density at radius 2 is 1.60 bits per heavy atom. The molecule has 1 heterocycles. The van der Waals surface area contributed by atoms with E-state index in [-0.39, 0.29) is 24.2 Å². The van der Waals surface area contributed by atoms with Gasteiger partial charge in [0.25, 0.3) is 0 Å². The van der Waals surface area contributed by atoms with Crippen LogP contribution in [0, 0.1) is 0 Å². The van der Waals surface area contributed by atoms with E-state index in [4.69, 9.17) is 0 Å². The summed E-state index contributed by atoms with van der Waals surface area (Å²) in [5.41, 5.74) is 1.52. The molecular formula is C16H12BrNO2. The summed E-state index contributed by atoms with van der Waals surface area (Å²) in [6.07, 6.45) is 0.235. The average molecular weight is 330 g/mol. The lowest BCUT2D eigenvalue weighted by atomic mass is 9.98. The van der Waals surface area contributed by atoms with Crippen LogP contribution in [0.15, 0.2) is 59.1 Å². The molecule has 0 aromatic heterocycles. The predicted molar refractivity (Wildman–Crippen MR) is 80.4 cm³/mol. The Bertz CT molecular complexity index is 652. The SMILES string of the molecule is O=C1C[C@H](c2ccccc2)C(=O)N1c1ccc(Br)cc1. The van der Waals surface area contributed by atoms with Gasteiger partial charge in [-0.25, -0.2) is 0 Å². The normalized spacial score (nSPS) is 18.6. The van der Waals surface area contributed by atoms with Gasteiger partial charge in [-0.15, -0.1) is 0 Å². The summed E-state index contributed by atoms with van der Waals surface area (Å²) in [5.74, 6) is -0.665. The summed E-state index contributed by atoms with van der Waals surface area (Å²) >= 11 is 3.34. The largest absolute Gasteiger partial charge is 0.274 e. The van der Waals surface area contributed by atoms with Crippen molar-refractivity contribution in [1.82, 2.24) is 0 Å². The quantitative estimate of drug-likeness (QED) is 0.791. The number of nitrogens with zero attached hydrogens (tertiary/aromatic N) is 1. The summed E-state index contributed by atoms with van der Waals surface area (Å²) < 4.78 is 0.917. The van der Waals surface area contributed by atoms with Crippen LogP contribution < -0.4 is 4.90 Å². The summed E-state index contributed by atoms with van der Waals surface area (Å²) in [6.45, 7) is 0. The Hall–Kier alpha value is -1.94. The van der Waals surface area contributed by atoms with E-state index in [1.165, 1.54) is 4.90 Å². The van der Waals surface area contributed by atoms with Crippen molar-refractivity contribution in [2.24, 2.45) is 0 Å². The molecule has 100 valence electrons. The zero-order valence-electron chi connectivity index (χ0n) is 10.6. The van der Waals surface area contributed by atoms with Gasteiger partial charge in [0.2, 0.25) is 11.8 Å². The highest BCUT2D eigenvalue weighted by Crippen LogP contribution is 2.33. The topological polar surface area (TPSA) is 37.4 Å². The van der Waals surface area contributed by atoms with Crippen LogP contribution in [-0.4, -0.2) is 11.8 Å². The highest BCUT2D eigenvalue weighted by molar-refractivity contribution is 9.10. The lowest BCUT2D eigenvalue weighted by Gasteiger charge is -2.15. The van der Waals surface area contributed by atoms with Crippen LogP contribution in [0.25, 0.3) is 0 Å². The van der Waals surface area contributed by atoms with Crippen LogP contribution in [0.2, 0.25) is 0 Å². The third-order valence-electron chi connectivity index (χ3n) is 3.43. The Labute approximate surface area is 125 Å². The molecule has 0 spiro atoms. The molecule has 1 fully saturated rings. The number of rotatable bonds is 2. The van der Waals surface area contributed by atoms with Crippen molar-refractivity contribution in [2.45, 2.75) is 12.3 Å². The standard InChI is InChI=1S/C16H12BrNO2/c17-12-6-8-13(9-7-12)18-15(19)10-14(16(18)20)11-4-2-1-3-5-11/h1-9,14H,10H2/t14-/m1/s1. The minimum absolute atomic E-state index is 0.147. The number of benzene rings is 2. The molecular weight excluding hydrogens is 318 g/mol. The van der Waals surface area contributed by atoms with Crippen LogP contribution in [0.1, 0.15) is 17.9 Å². The second-order valence-electron chi connectivity index (χ2n) is 4.71. The van der Waals surface area contributed by atoms with Crippen LogP contribution in [0.3, 0.4) is 0 Å². The summed E-state index contributed by atoms with van der Waals surface area (Å²) in [4.78, 5) is 25.9. The first-order chi connectivity index (χ1) is 9.66. The highest BCUT2D eigenvalue weighted by Gasteiger charge is 2.40. The average Bonchev–Trinajstić information content (AvgIpc) is 2.76. The van der Waals surface area contributed by atoms with E-state index in [1.807, 2.05) is 42.5 Å². The summed E-state index contributed by atoms with van der Waals surface area (Å²) in [5, 5.41) is 0. The van der Waals surface area contributed by atoms with Crippen molar-refractivity contribution in [2.75, 3.05) is 4.90 Å². The van der Waals surface area contributed by atoms with Crippen molar-refractivity contribution in [3.8, 4) is 0 Å². The maximum Gasteiger partial charge on any atom is 0.241 e. The molecule has 0 radical (unpaired) electrons. The molecule has 0 saturated carbocycles. The smallest absolute Gasteiger partial charge is 0.241 e. The first-order valence-corrected chi connectivity index (χ1v) is 7.13. The molecule has 0 unspecified atom stereocenters. The molecule has 1 aliphatic heterocycles. The second-order valence-corrected chi connectivity index (χ2v) is 5.63. The molecule has 0 N–H and O–H groups in total. The number of halogens is 1. The predicted octanol–water partition coefficient (Wildman–Crippen LogP) is 3.50. The summed E-state index contributed by atoms with van der Waals surface area (Å²) in [6, 6.07) is 16.6. The van der Waals surface area contributed by atoms with E-state index in [0.717, 1.165) is 10.0 Å². The molecule has 3 nitrogen and oxygen atoms in total. The summed E-state index contributed by atoms with van der Waals surface area (Å²) in [7, 11) is 0. The zero-order chi connectivity index (χ0) is 14.1. The van der Waals surface area contributed by atoms with E-state index in [0.29, 0.717) is 5.69 Å². The Kier molecular flexibility index (Phi) is 3.40. The minimum atomic E-state index is -0.368. The second kappa shape index (κ2) is 5.21. The molecule has 1 saturated heterocycles. The van der Waals surface area contributed by atoms with Gasteiger partial charge in [0.1, 0.15) is 0 Å². The molecule has 2 aromatic carbocycles. The van der Waals surface area contributed by atoms with Gasteiger partial charge in [-0.1, -0.05) is 46.3 Å². The maximum atomic E-state index is 12.5. The van der Waals surface area contributed by atoms with E-state index < -0.39 is 0 Å². The van der Waals surface area contributed by atoms with Gasteiger partial charge in [-0.2, -0.15) is 0 Å². The van der Waals surface area contributed by atoms with Gasteiger partial charge in [-0.3, -0.25) is 14.5 Å². The Balaban J connectivity index is 1.93. The number of amides is 2. The van der Waals surface area contributed by atoms with Crippen molar-refractivity contribution in [3.63, 3.8) is 0 Å². The number of carbonyl (C=O) groups is 2. The third kappa shape index (κ3) is 2.27. The van der Waals surface area contributed by atoms with E-state index in [9.17, 15) is 9.59 Å². The van der Waals surface area contributed by atoms with Crippen LogP contribution >= 0.6 is 15.9 Å². The van der Waals surface area contributed by atoms with Gasteiger partial charge in [0, 0.05) is 10.9 Å². The lowest BCUT2D eigenvalue weighted by Crippen LogP contribution is -2.29. The Morgan fingerprint density at radius 1 is 0.950 bits per heavy atom.